The number of carbonyl (C=O) groups is 2. The number of carbonyl (C=O) groups excluding carboxylic acids is 2. The maximum Gasteiger partial charge on any atom is 0.326 e. The molecule has 0 aromatic heterocycles. The van der Waals surface area contributed by atoms with E-state index >= 15 is 0 Å². The average Bonchev–Trinajstić information content (AvgIpc) is 2.63. The van der Waals surface area contributed by atoms with E-state index in [4.69, 9.17) is 9.47 Å². The van der Waals surface area contributed by atoms with Crippen molar-refractivity contribution in [1.29, 1.82) is 0 Å². The van der Waals surface area contributed by atoms with Crippen molar-refractivity contribution in [3.05, 3.63) is 55.0 Å². The van der Waals surface area contributed by atoms with Crippen LogP contribution in [-0.2, 0) is 0 Å². The molecule has 0 atom stereocenters. The first kappa shape index (κ1) is 22.2. The normalized spacial score (nSPS) is 10.3. The highest BCUT2D eigenvalue weighted by atomic mass is 79.9. The summed E-state index contributed by atoms with van der Waals surface area (Å²) in [6, 6.07) is 4.16. The molecule has 9 nitrogen and oxygen atoms in total. The number of ether oxygens (including phenoxy) is 2. The maximum atomic E-state index is 12.8. The van der Waals surface area contributed by atoms with Crippen LogP contribution in [0, 0.1) is 30.9 Å². The highest BCUT2D eigenvalue weighted by molar-refractivity contribution is 9.10. The van der Waals surface area contributed by atoms with E-state index in [9.17, 15) is 19.7 Å². The number of methoxy groups -OCH3 is 2. The van der Waals surface area contributed by atoms with E-state index in [-0.39, 0.29) is 21.5 Å². The Hall–Kier alpha value is -3.14. The van der Waals surface area contributed by atoms with E-state index < -0.39 is 22.5 Å². The molecule has 2 aromatic carbocycles. The van der Waals surface area contributed by atoms with Crippen LogP contribution in [0.4, 0.5) is 16.2 Å². The average molecular weight is 466 g/mol. The van der Waals surface area contributed by atoms with Crippen LogP contribution < -0.4 is 20.1 Å². The van der Waals surface area contributed by atoms with E-state index in [1.54, 1.807) is 0 Å². The molecule has 0 saturated carbocycles. The molecule has 0 unspecified atom stereocenters. The van der Waals surface area contributed by atoms with Crippen molar-refractivity contribution in [3.63, 3.8) is 0 Å². The van der Waals surface area contributed by atoms with Gasteiger partial charge in [0.25, 0.3) is 5.91 Å². The number of anilines is 1. The van der Waals surface area contributed by atoms with Crippen molar-refractivity contribution in [2.45, 2.75) is 20.8 Å². The van der Waals surface area contributed by atoms with Gasteiger partial charge in [0.15, 0.2) is 0 Å². The van der Waals surface area contributed by atoms with Gasteiger partial charge in [-0.3, -0.25) is 20.2 Å². The number of imide groups is 1. The van der Waals surface area contributed by atoms with Gasteiger partial charge in [-0.1, -0.05) is 17.7 Å². The van der Waals surface area contributed by atoms with Gasteiger partial charge in [0, 0.05) is 11.8 Å². The first-order valence-electron chi connectivity index (χ1n) is 8.39. The smallest absolute Gasteiger partial charge is 0.326 e. The van der Waals surface area contributed by atoms with E-state index in [1.165, 1.54) is 14.2 Å². The quantitative estimate of drug-likeness (QED) is 0.502. The minimum atomic E-state index is -0.914. The third-order valence-corrected chi connectivity index (χ3v) is 4.73. The van der Waals surface area contributed by atoms with E-state index in [2.05, 4.69) is 26.6 Å². The summed E-state index contributed by atoms with van der Waals surface area (Å²) in [4.78, 5) is 35.8. The summed E-state index contributed by atoms with van der Waals surface area (Å²) in [5.41, 5.74) is 2.55. The maximum absolute atomic E-state index is 12.8. The Morgan fingerprint density at radius 2 is 1.59 bits per heavy atom. The third-order valence-electron chi connectivity index (χ3n) is 4.14. The lowest BCUT2D eigenvalue weighted by molar-refractivity contribution is -0.385. The summed E-state index contributed by atoms with van der Waals surface area (Å²) in [6.45, 7) is 5.61. The van der Waals surface area contributed by atoms with Crippen molar-refractivity contribution >= 4 is 39.2 Å². The predicted molar refractivity (Wildman–Crippen MR) is 111 cm³/mol. The Bertz CT molecular complexity index is 983. The van der Waals surface area contributed by atoms with Crippen LogP contribution >= 0.6 is 15.9 Å². The fourth-order valence-corrected chi connectivity index (χ4v) is 3.61. The second-order valence-corrected chi connectivity index (χ2v) is 7.11. The second-order valence-electron chi connectivity index (χ2n) is 6.26. The monoisotopic (exact) mass is 465 g/mol. The molecule has 0 radical (unpaired) electrons. The topological polar surface area (TPSA) is 120 Å². The van der Waals surface area contributed by atoms with Crippen LogP contribution in [-0.4, -0.2) is 31.1 Å². The molecule has 0 bridgehead atoms. The fourth-order valence-electron chi connectivity index (χ4n) is 3.04. The Morgan fingerprint density at radius 1 is 1.03 bits per heavy atom. The minimum absolute atomic E-state index is 0.000414. The van der Waals surface area contributed by atoms with Gasteiger partial charge in [-0.25, -0.2) is 4.79 Å². The summed E-state index contributed by atoms with van der Waals surface area (Å²) in [6.07, 6.45) is 0. The summed E-state index contributed by atoms with van der Waals surface area (Å²) in [7, 11) is 2.48. The van der Waals surface area contributed by atoms with Crippen LogP contribution in [0.1, 0.15) is 27.0 Å². The number of urea groups is 1. The molecule has 154 valence electrons. The van der Waals surface area contributed by atoms with Gasteiger partial charge in [-0.05, 0) is 47.8 Å². The number of rotatable bonds is 5. The Kier molecular flexibility index (Phi) is 6.80. The second kappa shape index (κ2) is 8.91. The molecule has 0 aliphatic carbocycles. The van der Waals surface area contributed by atoms with Gasteiger partial charge in [0.1, 0.15) is 11.3 Å². The van der Waals surface area contributed by atoms with Crippen molar-refractivity contribution in [1.82, 2.24) is 5.32 Å². The molecule has 2 N–H and O–H groups in total. The predicted octanol–water partition coefficient (Wildman–Crippen LogP) is 4.26. The molecule has 29 heavy (non-hydrogen) atoms. The molecular formula is C19H20BrN3O6. The summed E-state index contributed by atoms with van der Waals surface area (Å²) in [5, 5.41) is 16.1. The standard InChI is InChI=1S/C19H20BrN3O6/c1-9-6-10(2)15(11(3)7-9)21-19(25)22-18(24)14-16(28-4)12(20)8-13(23(26)27)17(14)29-5/h6-8H,1-5H3,(H2,21,22,24,25). The molecular weight excluding hydrogens is 446 g/mol. The summed E-state index contributed by atoms with van der Waals surface area (Å²) >= 11 is 3.14. The lowest BCUT2D eigenvalue weighted by Crippen LogP contribution is -2.35. The number of hydrogen-bond acceptors (Lipinski definition) is 6. The largest absolute Gasteiger partial charge is 0.495 e. The number of nitro groups is 1. The van der Waals surface area contributed by atoms with Gasteiger partial charge in [-0.2, -0.15) is 0 Å². The summed E-state index contributed by atoms with van der Waals surface area (Å²) in [5.74, 6) is -1.23. The lowest BCUT2D eigenvalue weighted by Gasteiger charge is -2.16. The van der Waals surface area contributed by atoms with Gasteiger partial charge >= 0.3 is 11.7 Å². The van der Waals surface area contributed by atoms with Crippen molar-refractivity contribution in [2.24, 2.45) is 0 Å². The van der Waals surface area contributed by atoms with Gasteiger partial charge in [0.05, 0.1) is 23.6 Å². The SMILES string of the molecule is COc1c(Br)cc([N+](=O)[O-])c(OC)c1C(=O)NC(=O)Nc1c(C)cc(C)cc1C. The Labute approximate surface area is 175 Å². The zero-order valence-corrected chi connectivity index (χ0v) is 18.1. The number of benzene rings is 2. The molecule has 0 aliphatic rings. The number of nitrogens with zero attached hydrogens (tertiary/aromatic N) is 1. The molecule has 3 amide bonds. The Morgan fingerprint density at radius 3 is 2.07 bits per heavy atom. The molecule has 2 rings (SSSR count). The zero-order chi connectivity index (χ0) is 21.9. The molecule has 2 aromatic rings. The number of aryl methyl sites for hydroxylation is 3. The molecule has 0 aliphatic heterocycles. The molecule has 0 saturated heterocycles. The molecule has 0 fully saturated rings. The molecule has 10 heteroatoms. The van der Waals surface area contributed by atoms with Crippen LogP contribution in [0.2, 0.25) is 0 Å². The first-order chi connectivity index (χ1) is 13.6. The van der Waals surface area contributed by atoms with E-state index in [0.717, 1.165) is 22.8 Å². The molecule has 0 spiro atoms. The fraction of sp³-hybridized carbons (Fsp3) is 0.263. The van der Waals surface area contributed by atoms with Gasteiger partial charge < -0.3 is 14.8 Å². The number of nitro benzene ring substituents is 1. The van der Waals surface area contributed by atoms with Crippen molar-refractivity contribution < 1.29 is 24.0 Å². The number of hydrogen-bond donors (Lipinski definition) is 2. The highest BCUT2D eigenvalue weighted by Crippen LogP contribution is 2.42. The van der Waals surface area contributed by atoms with Crippen LogP contribution in [0.15, 0.2) is 22.7 Å². The summed E-state index contributed by atoms with van der Waals surface area (Å²) < 4.78 is 10.4. The first-order valence-corrected chi connectivity index (χ1v) is 9.19. The number of amides is 3. The van der Waals surface area contributed by atoms with Crippen LogP contribution in [0.5, 0.6) is 11.5 Å². The van der Waals surface area contributed by atoms with E-state index in [0.29, 0.717) is 5.69 Å². The van der Waals surface area contributed by atoms with Gasteiger partial charge in [-0.15, -0.1) is 0 Å². The Balaban J connectivity index is 2.40. The molecule has 0 heterocycles. The zero-order valence-electron chi connectivity index (χ0n) is 16.5. The highest BCUT2D eigenvalue weighted by Gasteiger charge is 2.30. The third kappa shape index (κ3) is 4.65. The van der Waals surface area contributed by atoms with Crippen molar-refractivity contribution in [2.75, 3.05) is 19.5 Å². The van der Waals surface area contributed by atoms with E-state index in [1.807, 2.05) is 32.9 Å². The number of halogens is 1. The van der Waals surface area contributed by atoms with Crippen molar-refractivity contribution in [3.8, 4) is 11.5 Å². The lowest BCUT2D eigenvalue weighted by atomic mass is 10.1. The van der Waals surface area contributed by atoms with Crippen LogP contribution in [0.3, 0.4) is 0 Å². The van der Waals surface area contributed by atoms with Gasteiger partial charge in [0.2, 0.25) is 5.75 Å². The minimum Gasteiger partial charge on any atom is -0.495 e. The number of nitrogens with one attached hydrogen (secondary N) is 2. The van der Waals surface area contributed by atoms with Crippen LogP contribution in [0.25, 0.3) is 0 Å².